The molecule has 2 nitrogen and oxygen atoms in total. The first kappa shape index (κ1) is 14.8. The zero-order chi connectivity index (χ0) is 15.9. The molecule has 0 aliphatic rings. The van der Waals surface area contributed by atoms with Crippen LogP contribution in [0.15, 0.2) is 89.4 Å². The van der Waals surface area contributed by atoms with Crippen molar-refractivity contribution in [2.45, 2.75) is 0 Å². The van der Waals surface area contributed by atoms with Crippen LogP contribution in [-0.2, 0) is 4.79 Å². The van der Waals surface area contributed by atoms with Gasteiger partial charge in [0.15, 0.2) is 5.78 Å². The SMILES string of the molecule is O=C(/C=C/c1ccccc1)/C=C/c1ccc(-c2ccccc2)o1. The molecule has 0 radical (unpaired) electrons. The van der Waals surface area contributed by atoms with Crippen LogP contribution in [0.5, 0.6) is 0 Å². The summed E-state index contributed by atoms with van der Waals surface area (Å²) in [7, 11) is 0. The van der Waals surface area contributed by atoms with Crippen molar-refractivity contribution >= 4 is 17.9 Å². The van der Waals surface area contributed by atoms with Gasteiger partial charge >= 0.3 is 0 Å². The van der Waals surface area contributed by atoms with Crippen molar-refractivity contribution in [1.29, 1.82) is 0 Å². The molecule has 0 unspecified atom stereocenters. The van der Waals surface area contributed by atoms with Crippen molar-refractivity contribution in [3.05, 3.63) is 96.3 Å². The van der Waals surface area contributed by atoms with E-state index in [-0.39, 0.29) is 5.78 Å². The molecule has 112 valence electrons. The second-order valence-corrected chi connectivity index (χ2v) is 5.05. The second-order valence-electron chi connectivity index (χ2n) is 5.05. The Morgan fingerprint density at radius 1 is 0.739 bits per heavy atom. The average molecular weight is 300 g/mol. The van der Waals surface area contributed by atoms with Crippen LogP contribution in [0.2, 0.25) is 0 Å². The number of hydrogen-bond donors (Lipinski definition) is 0. The first-order chi connectivity index (χ1) is 11.3. The van der Waals surface area contributed by atoms with E-state index < -0.39 is 0 Å². The normalized spacial score (nSPS) is 11.3. The van der Waals surface area contributed by atoms with E-state index in [1.807, 2.05) is 72.8 Å². The van der Waals surface area contributed by atoms with Crippen LogP contribution in [0.1, 0.15) is 11.3 Å². The largest absolute Gasteiger partial charge is 0.457 e. The number of carbonyl (C=O) groups excluding carboxylic acids is 1. The highest BCUT2D eigenvalue weighted by atomic mass is 16.3. The van der Waals surface area contributed by atoms with Gasteiger partial charge in [-0.25, -0.2) is 0 Å². The minimum Gasteiger partial charge on any atom is -0.457 e. The molecule has 0 spiro atoms. The molecule has 2 heteroatoms. The third-order valence-corrected chi connectivity index (χ3v) is 3.34. The fraction of sp³-hybridized carbons (Fsp3) is 0. The smallest absolute Gasteiger partial charge is 0.178 e. The lowest BCUT2D eigenvalue weighted by Crippen LogP contribution is -1.84. The zero-order valence-corrected chi connectivity index (χ0v) is 12.6. The van der Waals surface area contributed by atoms with E-state index in [1.54, 1.807) is 18.2 Å². The number of furan rings is 1. The Morgan fingerprint density at radius 2 is 1.39 bits per heavy atom. The molecule has 0 aliphatic carbocycles. The third kappa shape index (κ3) is 4.17. The average Bonchev–Trinajstić information content (AvgIpc) is 3.09. The molecule has 0 bridgehead atoms. The Labute approximate surface area is 135 Å². The van der Waals surface area contributed by atoms with Gasteiger partial charge in [-0.2, -0.15) is 0 Å². The summed E-state index contributed by atoms with van der Waals surface area (Å²) in [5.74, 6) is 1.37. The number of benzene rings is 2. The molecule has 0 atom stereocenters. The van der Waals surface area contributed by atoms with Crippen molar-refractivity contribution in [2.24, 2.45) is 0 Å². The summed E-state index contributed by atoms with van der Waals surface area (Å²) < 4.78 is 5.72. The van der Waals surface area contributed by atoms with E-state index >= 15 is 0 Å². The number of hydrogen-bond acceptors (Lipinski definition) is 2. The standard InChI is InChI=1S/C21H16O2/c22-19(12-11-17-7-3-1-4-8-17)13-14-20-15-16-21(23-20)18-9-5-2-6-10-18/h1-16H/b12-11+,14-13+. The predicted octanol–water partition coefficient (Wildman–Crippen LogP) is 5.24. The lowest BCUT2D eigenvalue weighted by atomic mass is 10.2. The van der Waals surface area contributed by atoms with Gasteiger partial charge in [-0.1, -0.05) is 66.7 Å². The molecule has 3 rings (SSSR count). The maximum atomic E-state index is 11.9. The van der Waals surface area contributed by atoms with Gasteiger partial charge in [0.25, 0.3) is 0 Å². The summed E-state index contributed by atoms with van der Waals surface area (Å²) in [5.41, 5.74) is 2.01. The van der Waals surface area contributed by atoms with Gasteiger partial charge in [0, 0.05) is 5.56 Å². The molecule has 2 aromatic carbocycles. The number of carbonyl (C=O) groups is 1. The molecular formula is C21H16O2. The van der Waals surface area contributed by atoms with Gasteiger partial charge < -0.3 is 4.42 Å². The first-order valence-corrected chi connectivity index (χ1v) is 7.42. The Kier molecular flexibility index (Phi) is 4.65. The van der Waals surface area contributed by atoms with E-state index in [0.29, 0.717) is 5.76 Å². The highest BCUT2D eigenvalue weighted by Crippen LogP contribution is 2.22. The minimum absolute atomic E-state index is 0.0773. The zero-order valence-electron chi connectivity index (χ0n) is 12.6. The topological polar surface area (TPSA) is 30.2 Å². The summed E-state index contributed by atoms with van der Waals surface area (Å²) in [4.78, 5) is 11.9. The summed E-state index contributed by atoms with van der Waals surface area (Å²) in [6.45, 7) is 0. The number of ketones is 1. The summed E-state index contributed by atoms with van der Waals surface area (Å²) >= 11 is 0. The Balaban J connectivity index is 1.65. The van der Waals surface area contributed by atoms with Crippen LogP contribution in [0.25, 0.3) is 23.5 Å². The van der Waals surface area contributed by atoms with Crippen LogP contribution >= 0.6 is 0 Å². The molecular weight excluding hydrogens is 284 g/mol. The molecule has 0 saturated carbocycles. The lowest BCUT2D eigenvalue weighted by molar-refractivity contribution is -0.110. The maximum Gasteiger partial charge on any atom is 0.178 e. The Morgan fingerprint density at radius 3 is 2.13 bits per heavy atom. The molecule has 0 N–H and O–H groups in total. The number of rotatable bonds is 5. The van der Waals surface area contributed by atoms with Crippen LogP contribution in [-0.4, -0.2) is 5.78 Å². The molecule has 0 saturated heterocycles. The van der Waals surface area contributed by atoms with E-state index in [4.69, 9.17) is 4.42 Å². The lowest BCUT2D eigenvalue weighted by Gasteiger charge is -1.94. The van der Waals surface area contributed by atoms with Gasteiger partial charge in [-0.15, -0.1) is 0 Å². The van der Waals surface area contributed by atoms with Crippen molar-refractivity contribution in [3.63, 3.8) is 0 Å². The minimum atomic E-state index is -0.0773. The van der Waals surface area contributed by atoms with Crippen LogP contribution in [0.3, 0.4) is 0 Å². The van der Waals surface area contributed by atoms with E-state index in [1.165, 1.54) is 6.08 Å². The fourth-order valence-electron chi connectivity index (χ4n) is 2.16. The van der Waals surface area contributed by atoms with Crippen LogP contribution < -0.4 is 0 Å². The predicted molar refractivity (Wildman–Crippen MR) is 93.7 cm³/mol. The molecule has 0 fully saturated rings. The first-order valence-electron chi connectivity index (χ1n) is 7.42. The van der Waals surface area contributed by atoms with Gasteiger partial charge in [0.1, 0.15) is 11.5 Å². The quantitative estimate of drug-likeness (QED) is 0.603. The maximum absolute atomic E-state index is 11.9. The summed E-state index contributed by atoms with van der Waals surface area (Å²) in [5, 5.41) is 0. The molecule has 23 heavy (non-hydrogen) atoms. The van der Waals surface area contributed by atoms with Crippen LogP contribution in [0, 0.1) is 0 Å². The van der Waals surface area contributed by atoms with E-state index in [9.17, 15) is 4.79 Å². The third-order valence-electron chi connectivity index (χ3n) is 3.34. The molecule has 0 amide bonds. The molecule has 1 heterocycles. The highest BCUT2D eigenvalue weighted by Gasteiger charge is 2.02. The van der Waals surface area contributed by atoms with Crippen LogP contribution in [0.4, 0.5) is 0 Å². The Bertz CT molecular complexity index is 825. The fourth-order valence-corrected chi connectivity index (χ4v) is 2.16. The van der Waals surface area contributed by atoms with Gasteiger partial charge in [-0.3, -0.25) is 4.79 Å². The van der Waals surface area contributed by atoms with Crippen molar-refractivity contribution in [3.8, 4) is 11.3 Å². The van der Waals surface area contributed by atoms with Crippen molar-refractivity contribution < 1.29 is 9.21 Å². The van der Waals surface area contributed by atoms with E-state index in [0.717, 1.165) is 16.9 Å². The Hall–Kier alpha value is -3.13. The van der Waals surface area contributed by atoms with Gasteiger partial charge in [0.05, 0.1) is 0 Å². The second kappa shape index (κ2) is 7.23. The molecule has 0 aliphatic heterocycles. The van der Waals surface area contributed by atoms with Gasteiger partial charge in [0.2, 0.25) is 0 Å². The molecule has 1 aromatic heterocycles. The van der Waals surface area contributed by atoms with Gasteiger partial charge in [-0.05, 0) is 35.9 Å². The monoisotopic (exact) mass is 300 g/mol. The van der Waals surface area contributed by atoms with Crippen molar-refractivity contribution in [2.75, 3.05) is 0 Å². The molecule has 3 aromatic rings. The summed E-state index contributed by atoms with van der Waals surface area (Å²) in [6, 6.07) is 23.3. The highest BCUT2D eigenvalue weighted by molar-refractivity contribution is 6.04. The summed E-state index contributed by atoms with van der Waals surface area (Å²) in [6.07, 6.45) is 6.54. The van der Waals surface area contributed by atoms with Crippen molar-refractivity contribution in [1.82, 2.24) is 0 Å². The van der Waals surface area contributed by atoms with E-state index in [2.05, 4.69) is 0 Å². The number of allylic oxidation sites excluding steroid dienone is 2.